The summed E-state index contributed by atoms with van der Waals surface area (Å²) >= 11 is 0. The summed E-state index contributed by atoms with van der Waals surface area (Å²) < 4.78 is 0. The van der Waals surface area contributed by atoms with Crippen molar-refractivity contribution in [3.05, 3.63) is 53.6 Å². The van der Waals surface area contributed by atoms with E-state index in [9.17, 15) is 0 Å². The second kappa shape index (κ2) is 6.27. The molecule has 2 nitrogen and oxygen atoms in total. The lowest BCUT2D eigenvalue weighted by atomic mass is 9.77. The quantitative estimate of drug-likeness (QED) is 0.769. The van der Waals surface area contributed by atoms with Crippen molar-refractivity contribution in [2.24, 2.45) is 0 Å². The van der Waals surface area contributed by atoms with Gasteiger partial charge in [0.25, 0.3) is 0 Å². The van der Waals surface area contributed by atoms with Gasteiger partial charge in [-0.25, -0.2) is 0 Å². The molecule has 1 aliphatic heterocycles. The van der Waals surface area contributed by atoms with Crippen molar-refractivity contribution in [2.45, 2.75) is 46.0 Å². The van der Waals surface area contributed by atoms with Crippen LogP contribution in [0.4, 0.5) is 17.1 Å². The topological polar surface area (TPSA) is 15.3 Å². The second-order valence-corrected chi connectivity index (χ2v) is 6.73. The number of fused-ring (bicyclic) bond motifs is 1. The molecule has 122 valence electrons. The van der Waals surface area contributed by atoms with Crippen LogP contribution in [0.25, 0.3) is 0 Å². The zero-order valence-corrected chi connectivity index (χ0v) is 14.8. The summed E-state index contributed by atoms with van der Waals surface area (Å²) in [6.07, 6.45) is 2.39. The van der Waals surface area contributed by atoms with Crippen LogP contribution in [-0.2, 0) is 5.41 Å². The molecule has 2 aromatic carbocycles. The molecule has 0 amide bonds. The van der Waals surface area contributed by atoms with E-state index in [0.717, 1.165) is 18.8 Å². The highest BCUT2D eigenvalue weighted by Gasteiger charge is 2.39. The number of rotatable bonds is 5. The first-order chi connectivity index (χ1) is 11.1. The monoisotopic (exact) mass is 308 g/mol. The van der Waals surface area contributed by atoms with Crippen molar-refractivity contribution in [2.75, 3.05) is 23.3 Å². The summed E-state index contributed by atoms with van der Waals surface area (Å²) in [5.41, 5.74) is 6.88. The van der Waals surface area contributed by atoms with E-state index in [1.165, 1.54) is 35.3 Å². The maximum absolute atomic E-state index is 3.57. The van der Waals surface area contributed by atoms with Crippen molar-refractivity contribution in [1.82, 2.24) is 0 Å². The summed E-state index contributed by atoms with van der Waals surface area (Å²) in [6, 6.07) is 15.4. The largest absolute Gasteiger partial charge is 0.371 e. The molecule has 2 aromatic rings. The molecular weight excluding hydrogens is 280 g/mol. The molecule has 1 heterocycles. The second-order valence-electron chi connectivity index (χ2n) is 6.73. The highest BCUT2D eigenvalue weighted by Crippen LogP contribution is 2.46. The minimum atomic E-state index is 0.301. The van der Waals surface area contributed by atoms with Crippen molar-refractivity contribution in [3.63, 3.8) is 0 Å². The van der Waals surface area contributed by atoms with Gasteiger partial charge in [0, 0.05) is 35.6 Å². The lowest BCUT2D eigenvalue weighted by Crippen LogP contribution is -2.32. The number of aryl methyl sites for hydroxylation is 1. The molecule has 0 saturated heterocycles. The third kappa shape index (κ3) is 2.83. The SMILES string of the molecule is CCN1CC(CC)(CC)c2cc(Nc3cccc(C)c3)ccc21. The number of nitrogens with zero attached hydrogens (tertiary/aromatic N) is 1. The first-order valence-electron chi connectivity index (χ1n) is 8.85. The van der Waals surface area contributed by atoms with Crippen molar-refractivity contribution in [1.29, 1.82) is 0 Å². The highest BCUT2D eigenvalue weighted by molar-refractivity contribution is 5.70. The average Bonchev–Trinajstić information content (AvgIpc) is 2.89. The number of likely N-dealkylation sites (N-methyl/N-ethyl adjacent to an activating group) is 1. The Labute approximate surface area is 140 Å². The van der Waals surface area contributed by atoms with Crippen LogP contribution < -0.4 is 10.2 Å². The van der Waals surface area contributed by atoms with E-state index < -0.39 is 0 Å². The molecule has 0 bridgehead atoms. The summed E-state index contributed by atoms with van der Waals surface area (Å²) in [5.74, 6) is 0. The van der Waals surface area contributed by atoms with Crippen LogP contribution in [-0.4, -0.2) is 13.1 Å². The zero-order valence-electron chi connectivity index (χ0n) is 14.8. The zero-order chi connectivity index (χ0) is 16.4. The van der Waals surface area contributed by atoms with Crippen LogP contribution in [0.15, 0.2) is 42.5 Å². The molecule has 3 rings (SSSR count). The van der Waals surface area contributed by atoms with Gasteiger partial charge in [-0.2, -0.15) is 0 Å². The summed E-state index contributed by atoms with van der Waals surface area (Å²) in [7, 11) is 0. The van der Waals surface area contributed by atoms with E-state index >= 15 is 0 Å². The number of hydrogen-bond donors (Lipinski definition) is 1. The lowest BCUT2D eigenvalue weighted by molar-refractivity contribution is 0.421. The molecule has 0 unspecified atom stereocenters. The van der Waals surface area contributed by atoms with E-state index in [1.54, 1.807) is 0 Å². The Balaban J connectivity index is 1.97. The summed E-state index contributed by atoms with van der Waals surface area (Å²) in [4.78, 5) is 2.53. The van der Waals surface area contributed by atoms with Crippen LogP contribution in [0.5, 0.6) is 0 Å². The molecule has 0 aromatic heterocycles. The first-order valence-corrected chi connectivity index (χ1v) is 8.85. The minimum Gasteiger partial charge on any atom is -0.371 e. The van der Waals surface area contributed by atoms with E-state index in [-0.39, 0.29) is 0 Å². The third-order valence-electron chi connectivity index (χ3n) is 5.44. The van der Waals surface area contributed by atoms with Crippen LogP contribution >= 0.6 is 0 Å². The van der Waals surface area contributed by atoms with Gasteiger partial charge in [0.05, 0.1) is 0 Å². The molecule has 0 spiro atoms. The molecule has 0 aliphatic carbocycles. The number of anilines is 3. The minimum absolute atomic E-state index is 0.301. The Hall–Kier alpha value is -1.96. The normalized spacial score (nSPS) is 15.6. The highest BCUT2D eigenvalue weighted by atomic mass is 15.2. The van der Waals surface area contributed by atoms with Gasteiger partial charge in [0.2, 0.25) is 0 Å². The fraction of sp³-hybridized carbons (Fsp3) is 0.429. The first kappa shape index (κ1) is 15.9. The van der Waals surface area contributed by atoms with Gasteiger partial charge >= 0.3 is 0 Å². The van der Waals surface area contributed by atoms with E-state index in [1.807, 2.05) is 0 Å². The maximum atomic E-state index is 3.57. The molecule has 1 aliphatic rings. The lowest BCUT2D eigenvalue weighted by Gasteiger charge is -2.28. The smallest absolute Gasteiger partial charge is 0.0406 e. The van der Waals surface area contributed by atoms with Gasteiger partial charge in [-0.15, -0.1) is 0 Å². The van der Waals surface area contributed by atoms with Crippen LogP contribution in [0, 0.1) is 6.92 Å². The Kier molecular flexibility index (Phi) is 4.34. The van der Waals surface area contributed by atoms with Crippen LogP contribution in [0.1, 0.15) is 44.7 Å². The van der Waals surface area contributed by atoms with Gasteiger partial charge in [-0.05, 0) is 68.1 Å². The van der Waals surface area contributed by atoms with Crippen molar-refractivity contribution >= 4 is 17.1 Å². The number of hydrogen-bond acceptors (Lipinski definition) is 2. The molecular formula is C21H28N2. The molecule has 0 fully saturated rings. The third-order valence-corrected chi connectivity index (χ3v) is 5.44. The summed E-state index contributed by atoms with van der Waals surface area (Å²) in [5, 5.41) is 3.57. The summed E-state index contributed by atoms with van der Waals surface area (Å²) in [6.45, 7) is 11.3. The molecule has 0 saturated carbocycles. The molecule has 0 atom stereocenters. The van der Waals surface area contributed by atoms with Crippen LogP contribution in [0.2, 0.25) is 0 Å². The van der Waals surface area contributed by atoms with Crippen molar-refractivity contribution < 1.29 is 0 Å². The van der Waals surface area contributed by atoms with Crippen molar-refractivity contribution in [3.8, 4) is 0 Å². The molecule has 2 heteroatoms. The van der Waals surface area contributed by atoms with E-state index in [2.05, 4.69) is 80.4 Å². The Morgan fingerprint density at radius 3 is 2.39 bits per heavy atom. The van der Waals surface area contributed by atoms with E-state index in [0.29, 0.717) is 5.41 Å². The molecule has 1 N–H and O–H groups in total. The van der Waals surface area contributed by atoms with E-state index in [4.69, 9.17) is 0 Å². The number of nitrogens with one attached hydrogen (secondary N) is 1. The fourth-order valence-electron chi connectivity index (χ4n) is 3.88. The Morgan fingerprint density at radius 2 is 1.74 bits per heavy atom. The predicted octanol–water partition coefficient (Wildman–Crippen LogP) is 5.64. The maximum Gasteiger partial charge on any atom is 0.0406 e. The Morgan fingerprint density at radius 1 is 1.00 bits per heavy atom. The average molecular weight is 308 g/mol. The predicted molar refractivity (Wildman–Crippen MR) is 101 cm³/mol. The van der Waals surface area contributed by atoms with Gasteiger partial charge in [-0.3, -0.25) is 0 Å². The van der Waals surface area contributed by atoms with Gasteiger partial charge in [-0.1, -0.05) is 26.0 Å². The fourth-order valence-corrected chi connectivity index (χ4v) is 3.88. The molecule has 23 heavy (non-hydrogen) atoms. The number of benzene rings is 2. The van der Waals surface area contributed by atoms with Gasteiger partial charge in [0.15, 0.2) is 0 Å². The van der Waals surface area contributed by atoms with Gasteiger partial charge < -0.3 is 10.2 Å². The van der Waals surface area contributed by atoms with Gasteiger partial charge in [0.1, 0.15) is 0 Å². The molecule has 0 radical (unpaired) electrons. The Bertz CT molecular complexity index is 686. The standard InChI is InChI=1S/C21H28N2/c1-5-21(6-2)15-23(7-3)20-12-11-18(14-19(20)21)22-17-10-8-9-16(4)13-17/h8-14,22H,5-7,15H2,1-4H3. The van der Waals surface area contributed by atoms with Crippen LogP contribution in [0.3, 0.4) is 0 Å².